The highest BCUT2D eigenvalue weighted by Crippen LogP contribution is 2.61. The first-order valence-corrected chi connectivity index (χ1v) is 5.62. The Morgan fingerprint density at radius 2 is 1.50 bits per heavy atom. The standard InChI is InChI=1S/C12H18O2/c1-13-12(14-2)10-6-7-11(12)9-5-3-4-8(9)10/h6-11H,3-5H2,1-2H3/t8-,9+,10-,11+. The van der Waals surface area contributed by atoms with E-state index in [1.807, 2.05) is 0 Å². The zero-order valence-corrected chi connectivity index (χ0v) is 8.90. The average Bonchev–Trinajstić information content (AvgIpc) is 2.87. The fourth-order valence-electron chi connectivity index (χ4n) is 4.15. The first-order valence-electron chi connectivity index (χ1n) is 5.62. The fourth-order valence-corrected chi connectivity index (χ4v) is 4.15. The van der Waals surface area contributed by atoms with Crippen molar-refractivity contribution in [2.45, 2.75) is 25.0 Å². The highest BCUT2D eigenvalue weighted by atomic mass is 16.7. The molecule has 0 N–H and O–H groups in total. The first kappa shape index (κ1) is 8.93. The maximum atomic E-state index is 5.69. The van der Waals surface area contributed by atoms with Gasteiger partial charge in [-0.25, -0.2) is 0 Å². The molecule has 0 saturated heterocycles. The molecule has 78 valence electrons. The summed E-state index contributed by atoms with van der Waals surface area (Å²) in [6.07, 6.45) is 8.77. The predicted molar refractivity (Wildman–Crippen MR) is 53.7 cm³/mol. The van der Waals surface area contributed by atoms with Gasteiger partial charge in [0.2, 0.25) is 0 Å². The molecule has 3 aliphatic rings. The summed E-state index contributed by atoms with van der Waals surface area (Å²) in [4.78, 5) is 0. The molecule has 2 bridgehead atoms. The van der Waals surface area contributed by atoms with Crippen LogP contribution in [0.25, 0.3) is 0 Å². The average molecular weight is 194 g/mol. The van der Waals surface area contributed by atoms with Crippen molar-refractivity contribution in [1.29, 1.82) is 0 Å². The zero-order chi connectivity index (χ0) is 9.76. The van der Waals surface area contributed by atoms with Gasteiger partial charge >= 0.3 is 0 Å². The van der Waals surface area contributed by atoms with Crippen molar-refractivity contribution in [2.24, 2.45) is 23.7 Å². The number of fused-ring (bicyclic) bond motifs is 5. The summed E-state index contributed by atoms with van der Waals surface area (Å²) in [5.41, 5.74) is 0. The normalized spacial score (nSPS) is 47.3. The van der Waals surface area contributed by atoms with Crippen LogP contribution >= 0.6 is 0 Å². The molecule has 3 aliphatic carbocycles. The van der Waals surface area contributed by atoms with Gasteiger partial charge in [0.05, 0.1) is 0 Å². The Bertz CT molecular complexity index is 245. The molecule has 2 fully saturated rings. The van der Waals surface area contributed by atoms with Gasteiger partial charge in [-0.05, 0) is 24.7 Å². The van der Waals surface area contributed by atoms with Crippen LogP contribution in [0.15, 0.2) is 12.2 Å². The quantitative estimate of drug-likeness (QED) is 0.495. The summed E-state index contributed by atoms with van der Waals surface area (Å²) in [6, 6.07) is 0. The molecule has 0 radical (unpaired) electrons. The second-order valence-corrected chi connectivity index (χ2v) is 4.82. The van der Waals surface area contributed by atoms with E-state index in [-0.39, 0.29) is 5.79 Å². The smallest absolute Gasteiger partial charge is 0.180 e. The van der Waals surface area contributed by atoms with Gasteiger partial charge < -0.3 is 9.47 Å². The highest BCUT2D eigenvalue weighted by molar-refractivity contribution is 5.23. The van der Waals surface area contributed by atoms with Crippen molar-refractivity contribution in [3.63, 3.8) is 0 Å². The van der Waals surface area contributed by atoms with Crippen LogP contribution in [0.3, 0.4) is 0 Å². The van der Waals surface area contributed by atoms with Gasteiger partial charge in [-0.15, -0.1) is 0 Å². The lowest BCUT2D eigenvalue weighted by Crippen LogP contribution is -2.41. The summed E-state index contributed by atoms with van der Waals surface area (Å²) < 4.78 is 11.4. The first-order chi connectivity index (χ1) is 6.83. The Morgan fingerprint density at radius 1 is 1.00 bits per heavy atom. The van der Waals surface area contributed by atoms with Gasteiger partial charge in [-0.3, -0.25) is 0 Å². The van der Waals surface area contributed by atoms with Gasteiger partial charge in [0.1, 0.15) is 0 Å². The minimum absolute atomic E-state index is 0.310. The lowest BCUT2D eigenvalue weighted by molar-refractivity contribution is -0.235. The number of ether oxygens (including phenoxy) is 2. The van der Waals surface area contributed by atoms with Crippen LogP contribution in [-0.4, -0.2) is 20.0 Å². The monoisotopic (exact) mass is 194 g/mol. The Morgan fingerprint density at radius 3 is 1.93 bits per heavy atom. The highest BCUT2D eigenvalue weighted by Gasteiger charge is 2.63. The number of methoxy groups -OCH3 is 2. The van der Waals surface area contributed by atoms with Crippen LogP contribution in [0.4, 0.5) is 0 Å². The number of hydrogen-bond acceptors (Lipinski definition) is 2. The van der Waals surface area contributed by atoms with E-state index < -0.39 is 0 Å². The molecule has 14 heavy (non-hydrogen) atoms. The molecule has 0 aliphatic heterocycles. The predicted octanol–water partition coefficient (Wildman–Crippen LogP) is 2.21. The van der Waals surface area contributed by atoms with E-state index in [0.29, 0.717) is 11.8 Å². The van der Waals surface area contributed by atoms with Gasteiger partial charge in [0.15, 0.2) is 5.79 Å². The third-order valence-electron chi connectivity index (χ3n) is 4.64. The van der Waals surface area contributed by atoms with E-state index in [4.69, 9.17) is 9.47 Å². The van der Waals surface area contributed by atoms with Crippen LogP contribution in [0.5, 0.6) is 0 Å². The Hall–Kier alpha value is -0.340. The SMILES string of the molecule is COC1(OC)[C@@H]2C=C[C@H]1[C@H]1CCC[C@H]12. The molecule has 3 rings (SSSR count). The number of rotatable bonds is 2. The molecule has 2 saturated carbocycles. The van der Waals surface area contributed by atoms with E-state index in [1.165, 1.54) is 19.3 Å². The van der Waals surface area contributed by atoms with E-state index in [2.05, 4.69) is 12.2 Å². The van der Waals surface area contributed by atoms with Crippen LogP contribution in [0.2, 0.25) is 0 Å². The molecule has 0 unspecified atom stereocenters. The Balaban J connectivity index is 1.99. The van der Waals surface area contributed by atoms with Crippen molar-refractivity contribution in [3.05, 3.63) is 12.2 Å². The summed E-state index contributed by atoms with van der Waals surface area (Å²) >= 11 is 0. The van der Waals surface area contributed by atoms with Crippen molar-refractivity contribution < 1.29 is 9.47 Å². The molecule has 0 spiro atoms. The van der Waals surface area contributed by atoms with Crippen LogP contribution < -0.4 is 0 Å². The molecule has 0 aromatic rings. The van der Waals surface area contributed by atoms with Gasteiger partial charge in [-0.2, -0.15) is 0 Å². The van der Waals surface area contributed by atoms with Crippen molar-refractivity contribution in [1.82, 2.24) is 0 Å². The fraction of sp³-hybridized carbons (Fsp3) is 0.833. The molecule has 0 amide bonds. The summed E-state index contributed by atoms with van der Waals surface area (Å²) in [6.45, 7) is 0. The van der Waals surface area contributed by atoms with E-state index in [9.17, 15) is 0 Å². The molecule has 2 heteroatoms. The summed E-state index contributed by atoms with van der Waals surface area (Å²) in [5.74, 6) is 2.36. The third kappa shape index (κ3) is 0.801. The van der Waals surface area contributed by atoms with Crippen molar-refractivity contribution in [2.75, 3.05) is 14.2 Å². The minimum atomic E-state index is -0.310. The van der Waals surface area contributed by atoms with E-state index in [1.54, 1.807) is 14.2 Å². The minimum Gasteiger partial charge on any atom is -0.352 e. The zero-order valence-electron chi connectivity index (χ0n) is 8.90. The maximum Gasteiger partial charge on any atom is 0.180 e. The molecule has 0 aromatic heterocycles. The summed E-state index contributed by atoms with van der Waals surface area (Å²) in [5, 5.41) is 0. The second kappa shape index (κ2) is 2.83. The second-order valence-electron chi connectivity index (χ2n) is 4.82. The summed E-state index contributed by atoms with van der Waals surface area (Å²) in [7, 11) is 3.58. The molecule has 0 heterocycles. The van der Waals surface area contributed by atoms with E-state index >= 15 is 0 Å². The molecule has 0 aromatic carbocycles. The third-order valence-corrected chi connectivity index (χ3v) is 4.64. The molecule has 4 atom stereocenters. The number of hydrogen-bond donors (Lipinski definition) is 0. The lowest BCUT2D eigenvalue weighted by atomic mass is 9.86. The van der Waals surface area contributed by atoms with Crippen LogP contribution in [-0.2, 0) is 9.47 Å². The topological polar surface area (TPSA) is 18.5 Å². The van der Waals surface area contributed by atoms with Gasteiger partial charge in [0.25, 0.3) is 0 Å². The lowest BCUT2D eigenvalue weighted by Gasteiger charge is -2.33. The Labute approximate surface area is 85.3 Å². The van der Waals surface area contributed by atoms with Gasteiger partial charge in [0, 0.05) is 26.1 Å². The van der Waals surface area contributed by atoms with E-state index in [0.717, 1.165) is 11.8 Å². The van der Waals surface area contributed by atoms with Gasteiger partial charge in [-0.1, -0.05) is 18.6 Å². The maximum absolute atomic E-state index is 5.69. The van der Waals surface area contributed by atoms with Crippen LogP contribution in [0, 0.1) is 23.7 Å². The molecular weight excluding hydrogens is 176 g/mol. The molecule has 2 nitrogen and oxygen atoms in total. The van der Waals surface area contributed by atoms with Crippen molar-refractivity contribution in [3.8, 4) is 0 Å². The largest absolute Gasteiger partial charge is 0.352 e. The Kier molecular flexibility index (Phi) is 1.80. The van der Waals surface area contributed by atoms with Crippen molar-refractivity contribution >= 4 is 0 Å². The van der Waals surface area contributed by atoms with Crippen LogP contribution in [0.1, 0.15) is 19.3 Å². The molecular formula is C12H18O2.